The van der Waals surface area contributed by atoms with E-state index in [1.165, 1.54) is 6.07 Å². The second-order valence-corrected chi connectivity index (χ2v) is 4.81. The summed E-state index contributed by atoms with van der Waals surface area (Å²) in [7, 11) is 0. The molecule has 17 heavy (non-hydrogen) atoms. The summed E-state index contributed by atoms with van der Waals surface area (Å²) in [6.07, 6.45) is 0.838. The molecule has 1 saturated heterocycles. The van der Waals surface area contributed by atoms with Crippen LogP contribution in [0.1, 0.15) is 24.8 Å². The summed E-state index contributed by atoms with van der Waals surface area (Å²) in [5.74, 6) is -0.692. The van der Waals surface area contributed by atoms with E-state index in [9.17, 15) is 8.78 Å². The molecule has 3 atom stereocenters. The van der Waals surface area contributed by atoms with Gasteiger partial charge < -0.3 is 11.1 Å². The number of hydrogen-bond donors (Lipinski definition) is 2. The fraction of sp³-hybridized carbons (Fsp3) is 0.538. The Morgan fingerprint density at radius 3 is 2.82 bits per heavy atom. The van der Waals surface area contributed by atoms with Gasteiger partial charge in [-0.25, -0.2) is 8.78 Å². The summed E-state index contributed by atoms with van der Waals surface area (Å²) in [5.41, 5.74) is 6.31. The van der Waals surface area contributed by atoms with Crippen LogP contribution in [0.4, 0.5) is 8.78 Å². The topological polar surface area (TPSA) is 38.0 Å². The Balaban J connectivity index is 2.28. The molecule has 1 aromatic rings. The fourth-order valence-corrected chi connectivity index (χ4v) is 2.58. The average molecular weight is 240 g/mol. The Morgan fingerprint density at radius 2 is 2.18 bits per heavy atom. The maximum absolute atomic E-state index is 13.8. The molecule has 1 fully saturated rings. The predicted molar refractivity (Wildman–Crippen MR) is 63.7 cm³/mol. The van der Waals surface area contributed by atoms with Gasteiger partial charge >= 0.3 is 0 Å². The van der Waals surface area contributed by atoms with Crippen molar-refractivity contribution in [1.82, 2.24) is 5.32 Å². The number of nitrogens with two attached hydrogens (primary N) is 1. The number of nitrogens with one attached hydrogen (secondary N) is 1. The predicted octanol–water partition coefficient (Wildman–Crippen LogP) is 2.01. The van der Waals surface area contributed by atoms with Gasteiger partial charge in [0.1, 0.15) is 11.6 Å². The summed E-state index contributed by atoms with van der Waals surface area (Å²) in [6, 6.07) is 4.16. The van der Waals surface area contributed by atoms with E-state index in [1.807, 2.05) is 0 Å². The number of rotatable bonds is 2. The van der Waals surface area contributed by atoms with E-state index in [-0.39, 0.29) is 11.8 Å². The minimum Gasteiger partial charge on any atom is -0.330 e. The van der Waals surface area contributed by atoms with Gasteiger partial charge in [-0.05, 0) is 49.9 Å². The molecule has 2 rings (SSSR count). The average Bonchev–Trinajstić information content (AvgIpc) is 2.29. The van der Waals surface area contributed by atoms with Crippen molar-refractivity contribution in [1.29, 1.82) is 0 Å². The molecule has 1 aliphatic heterocycles. The molecule has 4 heteroatoms. The largest absolute Gasteiger partial charge is 0.330 e. The fourth-order valence-electron chi connectivity index (χ4n) is 2.58. The number of benzene rings is 1. The van der Waals surface area contributed by atoms with E-state index in [0.29, 0.717) is 18.2 Å². The van der Waals surface area contributed by atoms with Crippen LogP contribution in [0.25, 0.3) is 0 Å². The first-order valence-electron chi connectivity index (χ1n) is 6.00. The van der Waals surface area contributed by atoms with Crippen molar-refractivity contribution in [2.24, 2.45) is 11.7 Å². The third-order valence-corrected chi connectivity index (χ3v) is 3.57. The number of halogens is 2. The first kappa shape index (κ1) is 12.5. The minimum absolute atomic E-state index is 0.0804. The molecule has 2 nitrogen and oxygen atoms in total. The van der Waals surface area contributed by atoms with E-state index >= 15 is 0 Å². The lowest BCUT2D eigenvalue weighted by molar-refractivity contribution is 0.280. The monoisotopic (exact) mass is 240 g/mol. The van der Waals surface area contributed by atoms with Gasteiger partial charge in [0.15, 0.2) is 0 Å². The molecule has 0 bridgehead atoms. The van der Waals surface area contributed by atoms with Crippen LogP contribution in [0, 0.1) is 17.6 Å². The van der Waals surface area contributed by atoms with Crippen LogP contribution in [-0.4, -0.2) is 19.1 Å². The smallest absolute Gasteiger partial charge is 0.129 e. The van der Waals surface area contributed by atoms with Gasteiger partial charge in [-0.15, -0.1) is 0 Å². The zero-order valence-corrected chi connectivity index (χ0v) is 9.92. The zero-order chi connectivity index (χ0) is 12.4. The van der Waals surface area contributed by atoms with Crippen molar-refractivity contribution in [3.05, 3.63) is 35.4 Å². The SMILES string of the molecule is CC1CC(c2ccc(F)cc2F)C(CN)CN1. The lowest BCUT2D eigenvalue weighted by atomic mass is 9.78. The lowest BCUT2D eigenvalue weighted by Crippen LogP contribution is -2.44. The van der Waals surface area contributed by atoms with Gasteiger partial charge in [0, 0.05) is 12.1 Å². The van der Waals surface area contributed by atoms with Crippen molar-refractivity contribution in [3.8, 4) is 0 Å². The minimum atomic E-state index is -0.530. The van der Waals surface area contributed by atoms with Crippen LogP contribution < -0.4 is 11.1 Å². The highest BCUT2D eigenvalue weighted by Gasteiger charge is 2.30. The van der Waals surface area contributed by atoms with Crippen LogP contribution in [0.5, 0.6) is 0 Å². The maximum atomic E-state index is 13.8. The quantitative estimate of drug-likeness (QED) is 0.830. The molecule has 1 aliphatic rings. The molecule has 0 amide bonds. The van der Waals surface area contributed by atoms with Crippen molar-refractivity contribution in [2.75, 3.05) is 13.1 Å². The van der Waals surface area contributed by atoms with Crippen LogP contribution in [-0.2, 0) is 0 Å². The molecular weight excluding hydrogens is 222 g/mol. The van der Waals surface area contributed by atoms with E-state index in [0.717, 1.165) is 19.0 Å². The van der Waals surface area contributed by atoms with Gasteiger partial charge in [0.25, 0.3) is 0 Å². The molecular formula is C13H18F2N2. The van der Waals surface area contributed by atoms with E-state index in [2.05, 4.69) is 12.2 Å². The number of piperidine rings is 1. The van der Waals surface area contributed by atoms with Gasteiger partial charge in [0.2, 0.25) is 0 Å². The third-order valence-electron chi connectivity index (χ3n) is 3.57. The Hall–Kier alpha value is -1.00. The number of hydrogen-bond acceptors (Lipinski definition) is 2. The highest BCUT2D eigenvalue weighted by atomic mass is 19.1. The molecule has 0 aromatic heterocycles. The molecule has 0 saturated carbocycles. The highest BCUT2D eigenvalue weighted by Crippen LogP contribution is 2.33. The molecule has 0 spiro atoms. The first-order valence-corrected chi connectivity index (χ1v) is 6.00. The van der Waals surface area contributed by atoms with Gasteiger partial charge in [0.05, 0.1) is 0 Å². The lowest BCUT2D eigenvalue weighted by Gasteiger charge is -2.35. The van der Waals surface area contributed by atoms with Crippen molar-refractivity contribution < 1.29 is 8.78 Å². The summed E-state index contributed by atoms with van der Waals surface area (Å²) in [5, 5.41) is 3.34. The summed E-state index contributed by atoms with van der Waals surface area (Å²) >= 11 is 0. The Bertz CT molecular complexity index is 395. The molecule has 3 unspecified atom stereocenters. The molecule has 0 radical (unpaired) electrons. The Morgan fingerprint density at radius 1 is 1.41 bits per heavy atom. The van der Waals surface area contributed by atoms with E-state index in [1.54, 1.807) is 6.07 Å². The summed E-state index contributed by atoms with van der Waals surface area (Å²) < 4.78 is 26.7. The Kier molecular flexibility index (Phi) is 3.74. The molecule has 3 N–H and O–H groups in total. The van der Waals surface area contributed by atoms with Crippen molar-refractivity contribution >= 4 is 0 Å². The second-order valence-electron chi connectivity index (χ2n) is 4.81. The third kappa shape index (κ3) is 2.64. The van der Waals surface area contributed by atoms with Gasteiger partial charge in [-0.3, -0.25) is 0 Å². The van der Waals surface area contributed by atoms with Gasteiger partial charge in [-0.2, -0.15) is 0 Å². The standard InChI is InChI=1S/C13H18F2N2/c1-8-4-12(9(6-16)7-17-8)11-3-2-10(14)5-13(11)15/h2-3,5,8-9,12,17H,4,6-7,16H2,1H3. The van der Waals surface area contributed by atoms with E-state index < -0.39 is 11.6 Å². The molecule has 1 heterocycles. The van der Waals surface area contributed by atoms with E-state index in [4.69, 9.17) is 5.73 Å². The van der Waals surface area contributed by atoms with Crippen LogP contribution in [0.3, 0.4) is 0 Å². The zero-order valence-electron chi connectivity index (χ0n) is 9.92. The maximum Gasteiger partial charge on any atom is 0.129 e. The second kappa shape index (κ2) is 5.10. The van der Waals surface area contributed by atoms with Crippen LogP contribution >= 0.6 is 0 Å². The highest BCUT2D eigenvalue weighted by molar-refractivity contribution is 5.24. The van der Waals surface area contributed by atoms with Crippen LogP contribution in [0.2, 0.25) is 0 Å². The van der Waals surface area contributed by atoms with Crippen LogP contribution in [0.15, 0.2) is 18.2 Å². The summed E-state index contributed by atoms with van der Waals surface area (Å²) in [6.45, 7) is 3.38. The molecule has 94 valence electrons. The van der Waals surface area contributed by atoms with Crippen molar-refractivity contribution in [2.45, 2.75) is 25.3 Å². The summed E-state index contributed by atoms with van der Waals surface area (Å²) in [4.78, 5) is 0. The molecule has 0 aliphatic carbocycles. The Labute approximate surface area is 100 Å². The first-order chi connectivity index (χ1) is 8.11. The van der Waals surface area contributed by atoms with Crippen molar-refractivity contribution in [3.63, 3.8) is 0 Å². The molecule has 1 aromatic carbocycles. The normalized spacial score (nSPS) is 29.3. The van der Waals surface area contributed by atoms with Gasteiger partial charge in [-0.1, -0.05) is 6.07 Å².